The van der Waals surface area contributed by atoms with Crippen LogP contribution >= 0.6 is 0 Å². The van der Waals surface area contributed by atoms with Gasteiger partial charge in [-0.05, 0) is 25.0 Å². The van der Waals surface area contributed by atoms with Gasteiger partial charge < -0.3 is 9.84 Å². The second-order valence-electron chi connectivity index (χ2n) is 5.81. The molecule has 1 fully saturated rings. The molecular formula is C14H21NO9S2. The zero-order valence-electron chi connectivity index (χ0n) is 14.5. The molecule has 0 saturated carbocycles. The molecule has 1 amide bonds. The number of hydrogen-bond donors (Lipinski definition) is 1. The first-order valence-corrected chi connectivity index (χ1v) is 9.43. The van der Waals surface area contributed by atoms with Gasteiger partial charge >= 0.3 is 21.2 Å². The van der Waals surface area contributed by atoms with E-state index in [9.17, 15) is 9.90 Å². The van der Waals surface area contributed by atoms with Crippen LogP contribution in [-0.4, -0.2) is 59.1 Å². The molecule has 2 aliphatic heterocycles. The Labute approximate surface area is 154 Å². The molecule has 1 saturated heterocycles. The predicted molar refractivity (Wildman–Crippen MR) is 87.9 cm³/mol. The van der Waals surface area contributed by atoms with Gasteiger partial charge in [0.25, 0.3) is 0 Å². The first-order valence-electron chi connectivity index (χ1n) is 7.43. The Bertz CT molecular complexity index is 725. The van der Waals surface area contributed by atoms with Gasteiger partial charge in [0.2, 0.25) is 5.91 Å². The Kier molecular flexibility index (Phi) is 9.56. The summed E-state index contributed by atoms with van der Waals surface area (Å²) in [4.78, 5) is 13.5. The normalized spacial score (nSPS) is 30.0. The number of allylic oxidation sites excluding steroid dienone is 1. The fourth-order valence-corrected chi connectivity index (χ4v) is 2.64. The van der Waals surface area contributed by atoms with Crippen molar-refractivity contribution >= 4 is 27.1 Å². The van der Waals surface area contributed by atoms with Crippen LogP contribution < -0.4 is 0 Å². The van der Waals surface area contributed by atoms with E-state index in [2.05, 4.69) is 6.58 Å². The molecule has 0 radical (unpaired) electrons. The minimum Gasteiger partial charge on any atom is -0.385 e. The molecule has 0 aromatic rings. The SMILES string of the molecule is C=C1C=CN([C@@H]2O[C@H](CC)[C@@H](C)[C@]2(C)O)C(=O)C1.O=S(=O)=O.O=S(=O)=O. The van der Waals surface area contributed by atoms with Crippen molar-refractivity contribution in [1.29, 1.82) is 0 Å². The lowest BCUT2D eigenvalue weighted by Gasteiger charge is -2.35. The van der Waals surface area contributed by atoms with Crippen LogP contribution in [0.25, 0.3) is 0 Å². The third-order valence-electron chi connectivity index (χ3n) is 4.08. The molecule has 148 valence electrons. The molecule has 0 spiro atoms. The average molecular weight is 411 g/mol. The molecular weight excluding hydrogens is 390 g/mol. The van der Waals surface area contributed by atoms with Crippen LogP contribution in [0.5, 0.6) is 0 Å². The third kappa shape index (κ3) is 7.15. The average Bonchev–Trinajstić information content (AvgIpc) is 2.69. The van der Waals surface area contributed by atoms with Gasteiger partial charge in [0.15, 0.2) is 6.23 Å². The predicted octanol–water partition coefficient (Wildman–Crippen LogP) is -0.198. The summed E-state index contributed by atoms with van der Waals surface area (Å²) in [5, 5.41) is 10.6. The maximum Gasteiger partial charge on any atom is 0.425 e. The molecule has 1 N–H and O–H groups in total. The maximum absolute atomic E-state index is 12.0. The highest BCUT2D eigenvalue weighted by Crippen LogP contribution is 2.40. The van der Waals surface area contributed by atoms with Crippen molar-refractivity contribution in [2.45, 2.75) is 51.5 Å². The number of ether oxygens (including phenoxy) is 1. The first kappa shape index (κ1) is 24.1. The van der Waals surface area contributed by atoms with Crippen molar-refractivity contribution < 1.29 is 39.9 Å². The number of aliphatic hydroxyl groups is 1. The molecule has 0 unspecified atom stereocenters. The van der Waals surface area contributed by atoms with E-state index in [0.717, 1.165) is 12.0 Å². The van der Waals surface area contributed by atoms with Crippen LogP contribution in [0.1, 0.15) is 33.6 Å². The Morgan fingerprint density at radius 2 is 1.73 bits per heavy atom. The lowest BCUT2D eigenvalue weighted by atomic mass is 9.86. The van der Waals surface area contributed by atoms with Crippen molar-refractivity contribution in [3.63, 3.8) is 0 Å². The van der Waals surface area contributed by atoms with Gasteiger partial charge in [-0.1, -0.05) is 20.4 Å². The van der Waals surface area contributed by atoms with E-state index < -0.39 is 33.0 Å². The molecule has 2 heterocycles. The molecule has 26 heavy (non-hydrogen) atoms. The molecule has 2 rings (SSSR count). The van der Waals surface area contributed by atoms with Crippen LogP contribution in [0, 0.1) is 5.92 Å². The van der Waals surface area contributed by atoms with Crippen molar-refractivity contribution in [2.24, 2.45) is 5.92 Å². The molecule has 12 heteroatoms. The smallest absolute Gasteiger partial charge is 0.385 e. The van der Waals surface area contributed by atoms with Gasteiger partial charge in [0.1, 0.15) is 5.60 Å². The summed E-state index contributed by atoms with van der Waals surface area (Å²) in [5.41, 5.74) is -0.242. The van der Waals surface area contributed by atoms with E-state index >= 15 is 0 Å². The molecule has 2 aliphatic rings. The second-order valence-corrected chi connectivity index (χ2v) is 6.63. The summed E-state index contributed by atoms with van der Waals surface area (Å²) in [7, 11) is -6.22. The van der Waals surface area contributed by atoms with Crippen LogP contribution in [0.4, 0.5) is 0 Å². The standard InChI is InChI=1S/C14H21NO3.2O3S/c1-5-11-10(3)14(4,17)13(18-11)15-7-6-9(2)8-12(15)16;2*1-4(2)3/h6-7,10-11,13,17H,2,5,8H2,1,3-4H3;;/t10-,11-,13-,14+;;/m1../s1. The number of amides is 1. The lowest BCUT2D eigenvalue weighted by molar-refractivity contribution is -0.154. The number of carbonyl (C=O) groups is 1. The number of nitrogens with zero attached hydrogens (tertiary/aromatic N) is 1. The fraction of sp³-hybridized carbons (Fsp3) is 0.643. The topological polar surface area (TPSA) is 152 Å². The van der Waals surface area contributed by atoms with E-state index in [1.807, 2.05) is 13.8 Å². The largest absolute Gasteiger partial charge is 0.425 e. The number of hydrogen-bond acceptors (Lipinski definition) is 9. The molecule has 4 atom stereocenters. The maximum atomic E-state index is 12.0. The zero-order valence-corrected chi connectivity index (χ0v) is 16.1. The quantitative estimate of drug-likeness (QED) is 0.651. The highest BCUT2D eigenvalue weighted by molar-refractivity contribution is 7.59. The van der Waals surface area contributed by atoms with Gasteiger partial charge in [0, 0.05) is 12.1 Å². The van der Waals surface area contributed by atoms with E-state index in [1.165, 1.54) is 4.90 Å². The van der Waals surface area contributed by atoms with Crippen molar-refractivity contribution in [3.8, 4) is 0 Å². The fourth-order valence-electron chi connectivity index (χ4n) is 2.64. The third-order valence-corrected chi connectivity index (χ3v) is 4.08. The van der Waals surface area contributed by atoms with Crippen molar-refractivity contribution in [1.82, 2.24) is 4.90 Å². The first-order chi connectivity index (χ1) is 11.8. The van der Waals surface area contributed by atoms with Gasteiger partial charge in [-0.25, -0.2) is 0 Å². The molecule has 10 nitrogen and oxygen atoms in total. The van der Waals surface area contributed by atoms with Crippen LogP contribution in [0.3, 0.4) is 0 Å². The number of carbonyl (C=O) groups excluding carboxylic acids is 1. The van der Waals surface area contributed by atoms with Gasteiger partial charge in [-0.2, -0.15) is 0 Å². The summed E-state index contributed by atoms with van der Waals surface area (Å²) >= 11 is 0. The van der Waals surface area contributed by atoms with E-state index in [-0.39, 0.29) is 24.3 Å². The lowest BCUT2D eigenvalue weighted by Crippen LogP contribution is -2.51. The van der Waals surface area contributed by atoms with Crippen LogP contribution in [-0.2, 0) is 30.7 Å². The number of rotatable bonds is 2. The molecule has 0 bridgehead atoms. The summed E-state index contributed by atoms with van der Waals surface area (Å²) in [6, 6.07) is 0. The van der Waals surface area contributed by atoms with Crippen LogP contribution in [0.2, 0.25) is 0 Å². The zero-order chi connectivity index (χ0) is 20.7. The summed E-state index contributed by atoms with van der Waals surface area (Å²) in [6.07, 6.45) is 3.96. The van der Waals surface area contributed by atoms with Gasteiger partial charge in [0.05, 0.1) is 12.5 Å². The van der Waals surface area contributed by atoms with E-state index in [0.29, 0.717) is 0 Å². The van der Waals surface area contributed by atoms with Crippen molar-refractivity contribution in [2.75, 3.05) is 0 Å². The Balaban J connectivity index is 0.000000662. The summed E-state index contributed by atoms with van der Waals surface area (Å²) in [5.74, 6) is -0.0736. The van der Waals surface area contributed by atoms with E-state index in [4.69, 9.17) is 30.0 Å². The second kappa shape index (κ2) is 10.3. The molecule has 0 aliphatic carbocycles. The monoisotopic (exact) mass is 411 g/mol. The van der Waals surface area contributed by atoms with Crippen LogP contribution in [0.15, 0.2) is 24.4 Å². The molecule has 0 aromatic heterocycles. The minimum atomic E-state index is -3.11. The highest BCUT2D eigenvalue weighted by atomic mass is 32.2. The molecule has 0 aromatic carbocycles. The minimum absolute atomic E-state index is 0.00109. The summed E-state index contributed by atoms with van der Waals surface area (Å²) in [6.45, 7) is 9.50. The van der Waals surface area contributed by atoms with Gasteiger partial charge in [-0.3, -0.25) is 9.69 Å². The van der Waals surface area contributed by atoms with Crippen molar-refractivity contribution in [3.05, 3.63) is 24.4 Å². The van der Waals surface area contributed by atoms with E-state index in [1.54, 1.807) is 19.2 Å². The Hall–Kier alpha value is -1.89. The highest BCUT2D eigenvalue weighted by Gasteiger charge is 2.52. The van der Waals surface area contributed by atoms with Gasteiger partial charge in [-0.15, -0.1) is 25.3 Å². The summed E-state index contributed by atoms with van der Waals surface area (Å²) < 4.78 is 56.5. The Morgan fingerprint density at radius 3 is 2.08 bits per heavy atom. The Morgan fingerprint density at radius 1 is 1.27 bits per heavy atom.